The average molecular weight is 200 g/mol. The minimum Gasteiger partial charge on any atom is -0.383 e. The normalized spacial score (nSPS) is 25.2. The molecule has 0 spiro atoms. The molecule has 0 radical (unpaired) electrons. The molecule has 1 saturated heterocycles. The van der Waals surface area contributed by atoms with Gasteiger partial charge in [-0.15, -0.1) is 0 Å². The third kappa shape index (κ3) is 2.45. The number of nitrogens with zero attached hydrogens (tertiary/aromatic N) is 1. The Labute approximate surface area is 85.4 Å². The van der Waals surface area contributed by atoms with E-state index >= 15 is 0 Å². The molecule has 82 valence electrons. The molecule has 0 saturated carbocycles. The Kier molecular flexibility index (Phi) is 4.35. The number of methoxy groups -OCH3 is 1. The Bertz CT molecular complexity index is 197. The highest BCUT2D eigenvalue weighted by Gasteiger charge is 2.29. The fraction of sp³-hybridized carbons (Fsp3) is 0.900. The topological polar surface area (TPSA) is 55.6 Å². The van der Waals surface area contributed by atoms with Gasteiger partial charge in [-0.1, -0.05) is 6.92 Å². The van der Waals surface area contributed by atoms with Gasteiger partial charge in [0.2, 0.25) is 5.91 Å². The fourth-order valence-electron chi connectivity index (χ4n) is 1.91. The predicted molar refractivity (Wildman–Crippen MR) is 54.9 cm³/mol. The van der Waals surface area contributed by atoms with E-state index in [1.165, 1.54) is 0 Å². The molecule has 4 heteroatoms. The maximum Gasteiger partial charge on any atom is 0.239 e. The molecule has 2 atom stereocenters. The Morgan fingerprint density at radius 1 is 1.71 bits per heavy atom. The molecule has 1 aliphatic heterocycles. The van der Waals surface area contributed by atoms with Crippen molar-refractivity contribution in [3.8, 4) is 0 Å². The van der Waals surface area contributed by atoms with E-state index in [1.54, 1.807) is 7.11 Å². The summed E-state index contributed by atoms with van der Waals surface area (Å²) < 4.78 is 5.10. The first-order valence-corrected chi connectivity index (χ1v) is 5.25. The van der Waals surface area contributed by atoms with E-state index in [0.29, 0.717) is 6.61 Å². The van der Waals surface area contributed by atoms with Crippen LogP contribution in [0.3, 0.4) is 0 Å². The second-order valence-corrected chi connectivity index (χ2v) is 3.80. The lowest BCUT2D eigenvalue weighted by Crippen LogP contribution is -2.53. The number of piperidine rings is 1. The smallest absolute Gasteiger partial charge is 0.239 e. The van der Waals surface area contributed by atoms with Gasteiger partial charge in [0.05, 0.1) is 18.7 Å². The molecule has 1 aliphatic rings. The van der Waals surface area contributed by atoms with E-state index in [4.69, 9.17) is 10.5 Å². The van der Waals surface area contributed by atoms with Crippen molar-refractivity contribution < 1.29 is 9.53 Å². The molecule has 1 heterocycles. The Balaban J connectivity index is 2.59. The minimum atomic E-state index is -0.297. The molecule has 0 aromatic heterocycles. The highest BCUT2D eigenvalue weighted by molar-refractivity contribution is 5.82. The van der Waals surface area contributed by atoms with Crippen LogP contribution in [0.2, 0.25) is 0 Å². The summed E-state index contributed by atoms with van der Waals surface area (Å²) in [6, 6.07) is -0.103. The molecule has 2 N–H and O–H groups in total. The zero-order chi connectivity index (χ0) is 10.6. The molecule has 1 amide bonds. The van der Waals surface area contributed by atoms with Crippen molar-refractivity contribution in [2.75, 3.05) is 20.3 Å². The fourth-order valence-corrected chi connectivity index (χ4v) is 1.91. The van der Waals surface area contributed by atoms with Crippen LogP contribution >= 0.6 is 0 Å². The highest BCUT2D eigenvalue weighted by atomic mass is 16.5. The van der Waals surface area contributed by atoms with Gasteiger partial charge in [0, 0.05) is 13.7 Å². The van der Waals surface area contributed by atoms with E-state index in [1.807, 2.05) is 4.90 Å². The maximum absolute atomic E-state index is 11.7. The van der Waals surface area contributed by atoms with Crippen LogP contribution < -0.4 is 5.73 Å². The number of carbonyl (C=O) groups excluding carboxylic acids is 1. The predicted octanol–water partition coefficient (Wildman–Crippen LogP) is 0.361. The summed E-state index contributed by atoms with van der Waals surface area (Å²) in [7, 11) is 1.66. The minimum absolute atomic E-state index is 0.0835. The number of carbonyl (C=O) groups is 1. The molecule has 2 unspecified atom stereocenters. The summed E-state index contributed by atoms with van der Waals surface area (Å²) in [5.74, 6) is 0.0835. The molecule has 1 fully saturated rings. The van der Waals surface area contributed by atoms with Crippen LogP contribution in [-0.4, -0.2) is 43.2 Å². The van der Waals surface area contributed by atoms with Gasteiger partial charge in [0.25, 0.3) is 0 Å². The lowest BCUT2D eigenvalue weighted by molar-refractivity contribution is -0.138. The molecule has 0 bridgehead atoms. The van der Waals surface area contributed by atoms with Gasteiger partial charge in [-0.05, 0) is 19.3 Å². The lowest BCUT2D eigenvalue weighted by atomic mass is 10.0. The van der Waals surface area contributed by atoms with Crippen molar-refractivity contribution in [2.45, 2.75) is 38.3 Å². The number of amides is 1. The van der Waals surface area contributed by atoms with Crippen molar-refractivity contribution in [2.24, 2.45) is 5.73 Å². The zero-order valence-electron chi connectivity index (χ0n) is 9.03. The van der Waals surface area contributed by atoms with E-state index in [2.05, 4.69) is 6.92 Å². The van der Waals surface area contributed by atoms with Gasteiger partial charge < -0.3 is 15.4 Å². The SMILES string of the molecule is CCC(COC)N1CCCC(N)C1=O. The third-order valence-electron chi connectivity index (χ3n) is 2.79. The van der Waals surface area contributed by atoms with Gasteiger partial charge in [-0.25, -0.2) is 0 Å². The van der Waals surface area contributed by atoms with Crippen LogP contribution in [0.5, 0.6) is 0 Å². The number of ether oxygens (including phenoxy) is 1. The first kappa shape index (κ1) is 11.5. The molecule has 14 heavy (non-hydrogen) atoms. The van der Waals surface area contributed by atoms with E-state index in [-0.39, 0.29) is 18.0 Å². The molecule has 4 nitrogen and oxygen atoms in total. The quantitative estimate of drug-likeness (QED) is 0.713. The molecule has 0 aliphatic carbocycles. The molecular weight excluding hydrogens is 180 g/mol. The van der Waals surface area contributed by atoms with Crippen molar-refractivity contribution in [3.63, 3.8) is 0 Å². The van der Waals surface area contributed by atoms with Gasteiger partial charge in [0.15, 0.2) is 0 Å². The lowest BCUT2D eigenvalue weighted by Gasteiger charge is -2.36. The molecule has 0 aromatic rings. The van der Waals surface area contributed by atoms with Crippen LogP contribution in [0, 0.1) is 0 Å². The maximum atomic E-state index is 11.7. The van der Waals surface area contributed by atoms with Crippen molar-refractivity contribution in [3.05, 3.63) is 0 Å². The Morgan fingerprint density at radius 3 is 3.00 bits per heavy atom. The van der Waals surface area contributed by atoms with E-state index in [0.717, 1.165) is 25.8 Å². The zero-order valence-corrected chi connectivity index (χ0v) is 9.03. The molecule has 1 rings (SSSR count). The van der Waals surface area contributed by atoms with Gasteiger partial charge >= 0.3 is 0 Å². The van der Waals surface area contributed by atoms with Crippen molar-refractivity contribution in [1.29, 1.82) is 0 Å². The molecule has 0 aromatic carbocycles. The standard InChI is InChI=1S/C10H20N2O2/c1-3-8(7-14-2)12-6-4-5-9(11)10(12)13/h8-9H,3-7,11H2,1-2H3. The van der Waals surface area contributed by atoms with E-state index in [9.17, 15) is 4.79 Å². The van der Waals surface area contributed by atoms with Crippen LogP contribution in [0.4, 0.5) is 0 Å². The summed E-state index contributed by atoms with van der Waals surface area (Å²) in [4.78, 5) is 13.6. The van der Waals surface area contributed by atoms with Crippen molar-refractivity contribution in [1.82, 2.24) is 4.90 Å². The number of hydrogen-bond acceptors (Lipinski definition) is 3. The second-order valence-electron chi connectivity index (χ2n) is 3.80. The van der Waals surface area contributed by atoms with Crippen LogP contribution in [-0.2, 0) is 9.53 Å². The number of rotatable bonds is 4. The van der Waals surface area contributed by atoms with Gasteiger partial charge in [0.1, 0.15) is 0 Å². The summed E-state index contributed by atoms with van der Waals surface area (Å²) >= 11 is 0. The van der Waals surface area contributed by atoms with Gasteiger partial charge in [-0.2, -0.15) is 0 Å². The van der Waals surface area contributed by atoms with Crippen LogP contribution in [0.15, 0.2) is 0 Å². The Morgan fingerprint density at radius 2 is 2.43 bits per heavy atom. The van der Waals surface area contributed by atoms with E-state index < -0.39 is 0 Å². The number of likely N-dealkylation sites (tertiary alicyclic amines) is 1. The summed E-state index contributed by atoms with van der Waals surface area (Å²) in [5.41, 5.74) is 5.73. The molecular formula is C10H20N2O2. The largest absolute Gasteiger partial charge is 0.383 e. The number of nitrogens with two attached hydrogens (primary N) is 1. The average Bonchev–Trinajstić information content (AvgIpc) is 2.19. The first-order chi connectivity index (χ1) is 6.70. The van der Waals surface area contributed by atoms with Crippen LogP contribution in [0.25, 0.3) is 0 Å². The Hall–Kier alpha value is -0.610. The first-order valence-electron chi connectivity index (χ1n) is 5.25. The highest BCUT2D eigenvalue weighted by Crippen LogP contribution is 2.15. The second kappa shape index (κ2) is 5.32. The summed E-state index contributed by atoms with van der Waals surface area (Å²) in [5, 5.41) is 0. The van der Waals surface area contributed by atoms with Crippen LogP contribution in [0.1, 0.15) is 26.2 Å². The third-order valence-corrected chi connectivity index (χ3v) is 2.79. The summed E-state index contributed by atoms with van der Waals surface area (Å²) in [6.07, 6.45) is 2.75. The van der Waals surface area contributed by atoms with Gasteiger partial charge in [-0.3, -0.25) is 4.79 Å². The monoisotopic (exact) mass is 200 g/mol. The summed E-state index contributed by atoms with van der Waals surface area (Å²) in [6.45, 7) is 3.50. The van der Waals surface area contributed by atoms with Crippen molar-refractivity contribution >= 4 is 5.91 Å². The number of hydrogen-bond donors (Lipinski definition) is 1.